The Morgan fingerprint density at radius 2 is 1.81 bits per heavy atom. The summed E-state index contributed by atoms with van der Waals surface area (Å²) < 4.78 is 15.5. The number of benzene rings is 2. The van der Waals surface area contributed by atoms with Gasteiger partial charge >= 0.3 is 0 Å². The van der Waals surface area contributed by atoms with Crippen LogP contribution in [0.1, 0.15) is 52.0 Å². The van der Waals surface area contributed by atoms with Gasteiger partial charge in [0.25, 0.3) is 0 Å². The van der Waals surface area contributed by atoms with Crippen LogP contribution in [0, 0.1) is 25.7 Å². The molecule has 36 heavy (non-hydrogen) atoms. The minimum absolute atomic E-state index is 0.0240. The van der Waals surface area contributed by atoms with Gasteiger partial charge in [-0.15, -0.1) is 0 Å². The van der Waals surface area contributed by atoms with Gasteiger partial charge in [0.05, 0.1) is 17.3 Å². The van der Waals surface area contributed by atoms with Crippen LogP contribution in [0.25, 0.3) is 5.69 Å². The Balaban J connectivity index is 1.68. The number of pyridine rings is 1. The third-order valence-electron chi connectivity index (χ3n) is 6.81. The molecule has 0 spiro atoms. The van der Waals surface area contributed by atoms with Gasteiger partial charge in [0, 0.05) is 36.2 Å². The van der Waals surface area contributed by atoms with E-state index in [-0.39, 0.29) is 18.1 Å². The van der Waals surface area contributed by atoms with Gasteiger partial charge in [0.1, 0.15) is 5.82 Å². The molecule has 0 N–H and O–H groups in total. The Hall–Kier alpha value is -4.13. The number of carbonyl (C=O) groups is 2. The predicted octanol–water partition coefficient (Wildman–Crippen LogP) is 5.41. The molecule has 3 heterocycles. The lowest BCUT2D eigenvalue weighted by Gasteiger charge is -2.38. The third kappa shape index (κ3) is 4.11. The number of aryl methyl sites for hydroxylation is 2. The largest absolute Gasteiger partial charge is 0.296 e. The van der Waals surface area contributed by atoms with Crippen LogP contribution in [0.2, 0.25) is 0 Å². The van der Waals surface area contributed by atoms with Gasteiger partial charge < -0.3 is 0 Å². The molecule has 1 amide bonds. The molecule has 5 rings (SSSR count). The molecule has 0 fully saturated rings. The first-order chi connectivity index (χ1) is 17.4. The Bertz CT molecular complexity index is 1430. The minimum atomic E-state index is -0.676. The number of carbonyl (C=O) groups excluding carboxylic acids is 2. The molecule has 182 valence electrons. The zero-order chi connectivity index (χ0) is 25.4. The van der Waals surface area contributed by atoms with Crippen molar-refractivity contribution >= 4 is 17.5 Å². The number of ketones is 1. The Morgan fingerprint density at radius 3 is 2.47 bits per heavy atom. The first-order valence-electron chi connectivity index (χ1n) is 12.1. The third-order valence-corrected chi connectivity index (χ3v) is 6.81. The molecule has 0 saturated heterocycles. The summed E-state index contributed by atoms with van der Waals surface area (Å²) >= 11 is 0. The summed E-state index contributed by atoms with van der Waals surface area (Å²) in [4.78, 5) is 33.0. The monoisotopic (exact) mass is 482 g/mol. The van der Waals surface area contributed by atoms with Crippen molar-refractivity contribution in [3.63, 3.8) is 0 Å². The summed E-state index contributed by atoms with van der Waals surface area (Å²) in [6.45, 7) is 6.18. The Morgan fingerprint density at radius 1 is 1.03 bits per heavy atom. The average Bonchev–Trinajstić information content (AvgIpc) is 3.22. The minimum Gasteiger partial charge on any atom is -0.296 e. The van der Waals surface area contributed by atoms with E-state index in [2.05, 4.69) is 4.98 Å². The lowest BCUT2D eigenvalue weighted by atomic mass is 9.75. The molecule has 6 nitrogen and oxygen atoms in total. The molecule has 1 aliphatic heterocycles. The summed E-state index contributed by atoms with van der Waals surface area (Å²) in [6, 6.07) is 20.0. The van der Waals surface area contributed by atoms with E-state index < -0.39 is 17.8 Å². The number of fused-ring (bicyclic) bond motifs is 1. The second kappa shape index (κ2) is 9.49. The van der Waals surface area contributed by atoms with Gasteiger partial charge in [0.2, 0.25) is 11.9 Å². The van der Waals surface area contributed by atoms with Crippen molar-refractivity contribution in [3.05, 3.63) is 107 Å². The smallest absolute Gasteiger partial charge is 0.232 e. The maximum absolute atomic E-state index is 14.0. The van der Waals surface area contributed by atoms with Crippen LogP contribution >= 0.6 is 0 Å². The van der Waals surface area contributed by atoms with E-state index in [1.807, 2.05) is 69.3 Å². The van der Waals surface area contributed by atoms with Crippen molar-refractivity contribution in [1.29, 1.82) is 0 Å². The van der Waals surface area contributed by atoms with Crippen molar-refractivity contribution in [2.75, 3.05) is 11.4 Å². The second-order valence-corrected chi connectivity index (χ2v) is 9.15. The fraction of sp³-hybridized carbons (Fsp3) is 0.241. The maximum Gasteiger partial charge on any atom is 0.232 e. The number of anilines is 1. The van der Waals surface area contributed by atoms with E-state index in [0.29, 0.717) is 23.5 Å². The first kappa shape index (κ1) is 23.6. The first-order valence-corrected chi connectivity index (χ1v) is 12.1. The SMILES string of the molecule is CCN1C(=O)[C@@H](CC(=O)c2cccc(C)c2)[C@@H](c2ccc(F)nc2)c2c(C)nn(-c3ccccc3)c21. The normalized spacial score (nSPS) is 17.2. The Labute approximate surface area is 209 Å². The lowest BCUT2D eigenvalue weighted by molar-refractivity contribution is -0.123. The molecule has 0 unspecified atom stereocenters. The zero-order valence-corrected chi connectivity index (χ0v) is 20.5. The van der Waals surface area contributed by atoms with Crippen LogP contribution in [0.15, 0.2) is 72.9 Å². The number of hydrogen-bond donors (Lipinski definition) is 0. The number of para-hydroxylation sites is 1. The Kier molecular flexibility index (Phi) is 6.22. The van der Waals surface area contributed by atoms with Crippen LogP contribution in [0.5, 0.6) is 0 Å². The van der Waals surface area contributed by atoms with E-state index in [1.54, 1.807) is 21.7 Å². The van der Waals surface area contributed by atoms with E-state index in [0.717, 1.165) is 22.5 Å². The van der Waals surface area contributed by atoms with Crippen molar-refractivity contribution in [3.8, 4) is 5.69 Å². The molecule has 0 radical (unpaired) electrons. The summed E-state index contributed by atoms with van der Waals surface area (Å²) in [5.74, 6) is -1.35. The highest BCUT2D eigenvalue weighted by molar-refractivity contribution is 6.04. The number of hydrogen-bond acceptors (Lipinski definition) is 4. The fourth-order valence-corrected chi connectivity index (χ4v) is 5.17. The molecule has 7 heteroatoms. The predicted molar refractivity (Wildman–Crippen MR) is 136 cm³/mol. The van der Waals surface area contributed by atoms with Gasteiger partial charge in [-0.2, -0.15) is 9.49 Å². The fourth-order valence-electron chi connectivity index (χ4n) is 5.17. The van der Waals surface area contributed by atoms with Crippen molar-refractivity contribution in [2.24, 2.45) is 5.92 Å². The summed E-state index contributed by atoms with van der Waals surface area (Å²) in [6.07, 6.45) is 1.48. The highest BCUT2D eigenvalue weighted by Crippen LogP contribution is 2.47. The molecule has 2 aromatic heterocycles. The van der Waals surface area contributed by atoms with Crippen LogP contribution in [-0.4, -0.2) is 33.0 Å². The standard InChI is InChI=1S/C29H27FN4O2/c1-4-33-28-26(19(3)32-34(28)22-11-6-5-7-12-22)27(21-13-14-25(30)31-17-21)23(29(33)36)16-24(35)20-10-8-9-18(2)15-20/h5-15,17,23,27H,4,16H2,1-3H3/t23-,27+/m0/s1. The van der Waals surface area contributed by atoms with Crippen LogP contribution < -0.4 is 4.90 Å². The molecule has 1 aliphatic rings. The van der Waals surface area contributed by atoms with Crippen molar-refractivity contribution in [2.45, 2.75) is 33.1 Å². The molecular weight excluding hydrogens is 455 g/mol. The van der Waals surface area contributed by atoms with Gasteiger partial charge in [-0.25, -0.2) is 9.67 Å². The summed E-state index contributed by atoms with van der Waals surface area (Å²) in [5, 5.41) is 4.82. The van der Waals surface area contributed by atoms with Crippen molar-refractivity contribution < 1.29 is 14.0 Å². The number of rotatable bonds is 6. The van der Waals surface area contributed by atoms with E-state index in [1.165, 1.54) is 12.3 Å². The van der Waals surface area contributed by atoms with E-state index in [4.69, 9.17) is 5.10 Å². The van der Waals surface area contributed by atoms with Crippen LogP contribution in [0.3, 0.4) is 0 Å². The van der Waals surface area contributed by atoms with Gasteiger partial charge in [-0.05, 0) is 50.6 Å². The molecular formula is C29H27FN4O2. The van der Waals surface area contributed by atoms with Gasteiger partial charge in [-0.1, -0.05) is 48.0 Å². The number of aromatic nitrogens is 3. The number of halogens is 1. The van der Waals surface area contributed by atoms with E-state index >= 15 is 0 Å². The van der Waals surface area contributed by atoms with Crippen LogP contribution in [0.4, 0.5) is 10.2 Å². The molecule has 2 aromatic carbocycles. The van der Waals surface area contributed by atoms with Crippen LogP contribution in [-0.2, 0) is 4.79 Å². The number of amides is 1. The molecule has 0 bridgehead atoms. The summed E-state index contributed by atoms with van der Waals surface area (Å²) in [7, 11) is 0. The van der Waals surface area contributed by atoms with Gasteiger partial charge in [-0.3, -0.25) is 14.5 Å². The summed E-state index contributed by atoms with van der Waals surface area (Å²) in [5.41, 5.74) is 4.67. The lowest BCUT2D eigenvalue weighted by Crippen LogP contribution is -2.45. The molecule has 0 aliphatic carbocycles. The highest BCUT2D eigenvalue weighted by Gasteiger charge is 2.45. The second-order valence-electron chi connectivity index (χ2n) is 9.15. The molecule has 4 aromatic rings. The topological polar surface area (TPSA) is 68.1 Å². The maximum atomic E-state index is 14.0. The number of nitrogens with zero attached hydrogens (tertiary/aromatic N) is 4. The highest BCUT2D eigenvalue weighted by atomic mass is 19.1. The quantitative estimate of drug-likeness (QED) is 0.272. The molecule has 2 atom stereocenters. The van der Waals surface area contributed by atoms with E-state index in [9.17, 15) is 14.0 Å². The average molecular weight is 483 g/mol. The zero-order valence-electron chi connectivity index (χ0n) is 20.5. The molecule has 0 saturated carbocycles. The number of Topliss-reactive ketones (excluding diaryl/α,β-unsaturated/α-hetero) is 1. The van der Waals surface area contributed by atoms with Gasteiger partial charge in [0.15, 0.2) is 5.78 Å². The van der Waals surface area contributed by atoms with Crippen molar-refractivity contribution in [1.82, 2.24) is 14.8 Å².